The molecule has 2 N–H and O–H groups in total. The molecule has 4 heteroatoms. The van der Waals surface area contributed by atoms with Crippen LogP contribution in [0.3, 0.4) is 0 Å². The number of carbonyl (C=O) groups is 1. The van der Waals surface area contributed by atoms with Crippen LogP contribution in [0.25, 0.3) is 0 Å². The van der Waals surface area contributed by atoms with Crippen molar-refractivity contribution in [2.75, 3.05) is 0 Å². The van der Waals surface area contributed by atoms with Gasteiger partial charge >= 0.3 is 0 Å². The third kappa shape index (κ3) is 3.49. The Morgan fingerprint density at radius 3 is 2.67 bits per heavy atom. The summed E-state index contributed by atoms with van der Waals surface area (Å²) in [6.45, 7) is 1.80. The normalized spacial score (nSPS) is 12.5. The maximum absolute atomic E-state index is 11.3. The first-order chi connectivity index (χ1) is 7.04. The summed E-state index contributed by atoms with van der Waals surface area (Å²) >= 11 is 11.7. The van der Waals surface area contributed by atoms with E-state index in [0.29, 0.717) is 22.9 Å². The molecule has 0 unspecified atom stereocenters. The zero-order valence-corrected chi connectivity index (χ0v) is 9.98. The number of hydrogen-bond donors (Lipinski definition) is 1. The third-order valence-electron chi connectivity index (χ3n) is 2.22. The second kappa shape index (κ2) is 5.50. The van der Waals surface area contributed by atoms with E-state index >= 15 is 0 Å². The van der Waals surface area contributed by atoms with Crippen LogP contribution in [0.5, 0.6) is 0 Å². The van der Waals surface area contributed by atoms with Crippen LogP contribution in [-0.4, -0.2) is 11.8 Å². The smallest absolute Gasteiger partial charge is 0.149 e. The van der Waals surface area contributed by atoms with Gasteiger partial charge in [0.05, 0.1) is 6.04 Å². The zero-order chi connectivity index (χ0) is 11.4. The lowest BCUT2D eigenvalue weighted by atomic mass is 10.0. The van der Waals surface area contributed by atoms with Crippen molar-refractivity contribution in [3.63, 3.8) is 0 Å². The van der Waals surface area contributed by atoms with Crippen molar-refractivity contribution in [1.82, 2.24) is 0 Å². The number of benzene rings is 1. The molecule has 0 saturated carbocycles. The van der Waals surface area contributed by atoms with Crippen molar-refractivity contribution in [1.29, 1.82) is 0 Å². The molecule has 0 saturated heterocycles. The van der Waals surface area contributed by atoms with Gasteiger partial charge in [-0.15, -0.1) is 0 Å². The number of carbonyl (C=O) groups excluding carboxylic acids is 1. The summed E-state index contributed by atoms with van der Waals surface area (Å²) < 4.78 is 0. The number of rotatable bonds is 4. The summed E-state index contributed by atoms with van der Waals surface area (Å²) in [5.74, 6) is 0.0426. The van der Waals surface area contributed by atoms with E-state index in [9.17, 15) is 4.79 Å². The highest BCUT2D eigenvalue weighted by atomic mass is 35.5. The first-order valence-corrected chi connectivity index (χ1v) is 5.52. The van der Waals surface area contributed by atoms with Gasteiger partial charge in [0.25, 0.3) is 0 Å². The Bertz CT molecular complexity index is 366. The molecule has 0 aliphatic heterocycles. The standard InChI is InChI=1S/C11H13Cl2NO/c1-2-11(15)10(14)5-7-3-4-8(12)6-9(7)13/h3-4,6,10H,2,5,14H2,1H3/t10-/m1/s1. The van der Waals surface area contributed by atoms with Gasteiger partial charge in [0.1, 0.15) is 5.78 Å². The summed E-state index contributed by atoms with van der Waals surface area (Å²) in [6, 6.07) is 4.72. The highest BCUT2D eigenvalue weighted by Crippen LogP contribution is 2.22. The van der Waals surface area contributed by atoms with Crippen molar-refractivity contribution >= 4 is 29.0 Å². The number of Topliss-reactive ketones (excluding diaryl/α,β-unsaturated/α-hetero) is 1. The number of ketones is 1. The highest BCUT2D eigenvalue weighted by molar-refractivity contribution is 6.35. The molecule has 0 spiro atoms. The molecule has 1 rings (SSSR count). The Labute approximate surface area is 99.4 Å². The molecule has 0 fully saturated rings. The SMILES string of the molecule is CCC(=O)[C@H](N)Cc1ccc(Cl)cc1Cl. The quantitative estimate of drug-likeness (QED) is 0.887. The summed E-state index contributed by atoms with van der Waals surface area (Å²) in [5, 5.41) is 1.14. The molecule has 82 valence electrons. The largest absolute Gasteiger partial charge is 0.321 e. The molecule has 0 bridgehead atoms. The van der Waals surface area contributed by atoms with E-state index in [1.165, 1.54) is 0 Å². The molecular formula is C11H13Cl2NO. The summed E-state index contributed by atoms with van der Waals surface area (Å²) in [7, 11) is 0. The van der Waals surface area contributed by atoms with Gasteiger partial charge in [0, 0.05) is 16.5 Å². The highest BCUT2D eigenvalue weighted by Gasteiger charge is 2.13. The van der Waals surface area contributed by atoms with Crippen LogP contribution in [0, 0.1) is 0 Å². The van der Waals surface area contributed by atoms with Gasteiger partial charge in [-0.2, -0.15) is 0 Å². The molecule has 0 aliphatic carbocycles. The van der Waals surface area contributed by atoms with Gasteiger partial charge in [0.15, 0.2) is 0 Å². The summed E-state index contributed by atoms with van der Waals surface area (Å²) in [4.78, 5) is 11.3. The Balaban J connectivity index is 2.76. The van der Waals surface area contributed by atoms with E-state index in [4.69, 9.17) is 28.9 Å². The predicted molar refractivity (Wildman–Crippen MR) is 63.4 cm³/mol. The molecular weight excluding hydrogens is 233 g/mol. The lowest BCUT2D eigenvalue weighted by Gasteiger charge is -2.10. The molecule has 0 radical (unpaired) electrons. The van der Waals surface area contributed by atoms with Crippen molar-refractivity contribution in [3.05, 3.63) is 33.8 Å². The van der Waals surface area contributed by atoms with Crippen LogP contribution in [-0.2, 0) is 11.2 Å². The van der Waals surface area contributed by atoms with Crippen LogP contribution >= 0.6 is 23.2 Å². The molecule has 1 aromatic carbocycles. The third-order valence-corrected chi connectivity index (χ3v) is 2.80. The minimum atomic E-state index is -0.478. The van der Waals surface area contributed by atoms with Crippen molar-refractivity contribution in [3.8, 4) is 0 Å². The van der Waals surface area contributed by atoms with Gasteiger partial charge in [-0.1, -0.05) is 36.2 Å². The number of nitrogens with two attached hydrogens (primary N) is 1. The first kappa shape index (κ1) is 12.5. The maximum atomic E-state index is 11.3. The Kier molecular flexibility index (Phi) is 4.58. The van der Waals surface area contributed by atoms with E-state index in [-0.39, 0.29) is 5.78 Å². The first-order valence-electron chi connectivity index (χ1n) is 4.76. The van der Waals surface area contributed by atoms with E-state index in [2.05, 4.69) is 0 Å². The second-order valence-corrected chi connectivity index (χ2v) is 4.21. The average molecular weight is 246 g/mol. The molecule has 0 amide bonds. The van der Waals surface area contributed by atoms with Gasteiger partial charge in [-0.3, -0.25) is 4.79 Å². The Morgan fingerprint density at radius 2 is 2.13 bits per heavy atom. The molecule has 1 aromatic rings. The van der Waals surface area contributed by atoms with Gasteiger partial charge in [-0.05, 0) is 24.1 Å². The minimum Gasteiger partial charge on any atom is -0.321 e. The Morgan fingerprint density at radius 1 is 1.47 bits per heavy atom. The fraction of sp³-hybridized carbons (Fsp3) is 0.364. The fourth-order valence-electron chi connectivity index (χ4n) is 1.30. The lowest BCUT2D eigenvalue weighted by Crippen LogP contribution is -2.32. The van der Waals surface area contributed by atoms with Crippen molar-refractivity contribution in [2.45, 2.75) is 25.8 Å². The lowest BCUT2D eigenvalue weighted by molar-refractivity contribution is -0.119. The van der Waals surface area contributed by atoms with Crippen LogP contribution in [0.15, 0.2) is 18.2 Å². The molecule has 0 heterocycles. The van der Waals surface area contributed by atoms with Gasteiger partial charge < -0.3 is 5.73 Å². The maximum Gasteiger partial charge on any atom is 0.149 e. The molecule has 15 heavy (non-hydrogen) atoms. The molecule has 2 nitrogen and oxygen atoms in total. The van der Waals surface area contributed by atoms with E-state index in [1.807, 2.05) is 0 Å². The topological polar surface area (TPSA) is 43.1 Å². The van der Waals surface area contributed by atoms with Crippen LogP contribution < -0.4 is 5.73 Å². The van der Waals surface area contributed by atoms with Crippen molar-refractivity contribution < 1.29 is 4.79 Å². The zero-order valence-electron chi connectivity index (χ0n) is 8.47. The summed E-state index contributed by atoms with van der Waals surface area (Å²) in [6.07, 6.45) is 0.912. The van der Waals surface area contributed by atoms with Gasteiger partial charge in [-0.25, -0.2) is 0 Å². The number of hydrogen-bond acceptors (Lipinski definition) is 2. The fourth-order valence-corrected chi connectivity index (χ4v) is 1.79. The minimum absolute atomic E-state index is 0.0426. The van der Waals surface area contributed by atoms with E-state index < -0.39 is 6.04 Å². The molecule has 1 atom stereocenters. The Hall–Kier alpha value is -0.570. The average Bonchev–Trinajstić information content (AvgIpc) is 2.20. The molecule has 0 aromatic heterocycles. The van der Waals surface area contributed by atoms with Crippen LogP contribution in [0.2, 0.25) is 10.0 Å². The van der Waals surface area contributed by atoms with E-state index in [1.54, 1.807) is 25.1 Å². The van der Waals surface area contributed by atoms with Crippen LogP contribution in [0.1, 0.15) is 18.9 Å². The summed E-state index contributed by atoms with van der Waals surface area (Å²) in [5.41, 5.74) is 6.58. The van der Waals surface area contributed by atoms with Crippen LogP contribution in [0.4, 0.5) is 0 Å². The number of halogens is 2. The van der Waals surface area contributed by atoms with E-state index in [0.717, 1.165) is 5.56 Å². The second-order valence-electron chi connectivity index (χ2n) is 3.37. The van der Waals surface area contributed by atoms with Crippen molar-refractivity contribution in [2.24, 2.45) is 5.73 Å². The predicted octanol–water partition coefficient (Wildman–Crippen LogP) is 2.84. The van der Waals surface area contributed by atoms with Gasteiger partial charge in [0.2, 0.25) is 0 Å². The monoisotopic (exact) mass is 245 g/mol. The molecule has 0 aliphatic rings.